The number of thiophene rings is 1. The number of carbonyl (C=O) groups excluding carboxylic acids is 1. The quantitative estimate of drug-likeness (QED) is 0.667. The maximum Gasteiger partial charge on any atom is 0.258 e. The number of hydrogen-bond acceptors (Lipinski definition) is 4. The SMILES string of the molecule is COc1ccc(C2c3ccsc3CCN2C(=O)c2ccccc2OC)cc1. The van der Waals surface area contributed by atoms with Crippen molar-refractivity contribution in [3.05, 3.63) is 81.5 Å². The van der Waals surface area contributed by atoms with Gasteiger partial charge in [0.25, 0.3) is 5.91 Å². The van der Waals surface area contributed by atoms with Crippen LogP contribution in [0.3, 0.4) is 0 Å². The molecule has 0 N–H and O–H groups in total. The summed E-state index contributed by atoms with van der Waals surface area (Å²) in [6.07, 6.45) is 0.876. The van der Waals surface area contributed by atoms with E-state index in [-0.39, 0.29) is 11.9 Å². The van der Waals surface area contributed by atoms with Crippen molar-refractivity contribution in [3.8, 4) is 11.5 Å². The molecule has 138 valence electrons. The molecule has 0 bridgehead atoms. The molecule has 1 amide bonds. The molecule has 4 nitrogen and oxygen atoms in total. The fraction of sp³-hybridized carbons (Fsp3) is 0.227. The van der Waals surface area contributed by atoms with E-state index in [2.05, 4.69) is 11.4 Å². The van der Waals surface area contributed by atoms with Crippen molar-refractivity contribution in [2.24, 2.45) is 0 Å². The lowest BCUT2D eigenvalue weighted by atomic mass is 9.92. The zero-order valence-corrected chi connectivity index (χ0v) is 16.2. The van der Waals surface area contributed by atoms with Crippen LogP contribution in [0.4, 0.5) is 0 Å². The smallest absolute Gasteiger partial charge is 0.258 e. The third-order valence-corrected chi connectivity index (χ3v) is 5.99. The number of hydrogen-bond donors (Lipinski definition) is 0. The molecule has 2 aromatic carbocycles. The summed E-state index contributed by atoms with van der Waals surface area (Å²) in [4.78, 5) is 16.7. The summed E-state index contributed by atoms with van der Waals surface area (Å²) in [6, 6.07) is 17.4. The molecule has 4 rings (SSSR count). The first-order chi connectivity index (χ1) is 13.2. The molecule has 1 aliphatic rings. The van der Waals surface area contributed by atoms with E-state index in [9.17, 15) is 4.79 Å². The Bertz CT molecular complexity index is 948. The first kappa shape index (κ1) is 17.6. The Morgan fingerprint density at radius 3 is 2.56 bits per heavy atom. The lowest BCUT2D eigenvalue weighted by Gasteiger charge is -2.36. The number of rotatable bonds is 4. The Balaban J connectivity index is 1.77. The highest BCUT2D eigenvalue weighted by Gasteiger charge is 2.34. The lowest BCUT2D eigenvalue weighted by molar-refractivity contribution is 0.0692. The van der Waals surface area contributed by atoms with Crippen LogP contribution in [0.1, 0.15) is 32.4 Å². The van der Waals surface area contributed by atoms with Crippen LogP contribution in [0.5, 0.6) is 11.5 Å². The van der Waals surface area contributed by atoms with Gasteiger partial charge in [0.1, 0.15) is 11.5 Å². The van der Waals surface area contributed by atoms with Crippen LogP contribution in [0.25, 0.3) is 0 Å². The second kappa shape index (κ2) is 7.45. The van der Waals surface area contributed by atoms with E-state index in [1.165, 1.54) is 10.4 Å². The minimum Gasteiger partial charge on any atom is -0.497 e. The molecule has 27 heavy (non-hydrogen) atoms. The van der Waals surface area contributed by atoms with Crippen molar-refractivity contribution in [1.82, 2.24) is 4.90 Å². The van der Waals surface area contributed by atoms with E-state index in [0.717, 1.165) is 17.7 Å². The number of para-hydroxylation sites is 1. The monoisotopic (exact) mass is 379 g/mol. The van der Waals surface area contributed by atoms with Crippen LogP contribution in [0.15, 0.2) is 60.0 Å². The van der Waals surface area contributed by atoms with E-state index in [4.69, 9.17) is 9.47 Å². The number of amides is 1. The first-order valence-electron chi connectivity index (χ1n) is 8.87. The van der Waals surface area contributed by atoms with Gasteiger partial charge in [-0.3, -0.25) is 4.79 Å². The maximum absolute atomic E-state index is 13.4. The summed E-state index contributed by atoms with van der Waals surface area (Å²) in [5.41, 5.74) is 2.88. The summed E-state index contributed by atoms with van der Waals surface area (Å²) in [6.45, 7) is 0.682. The van der Waals surface area contributed by atoms with Gasteiger partial charge >= 0.3 is 0 Å². The van der Waals surface area contributed by atoms with Gasteiger partial charge in [0.15, 0.2) is 0 Å². The molecule has 5 heteroatoms. The molecular weight excluding hydrogens is 358 g/mol. The molecular formula is C22H21NO3S. The van der Waals surface area contributed by atoms with Crippen LogP contribution < -0.4 is 9.47 Å². The van der Waals surface area contributed by atoms with Crippen LogP contribution in [0, 0.1) is 0 Å². The van der Waals surface area contributed by atoms with Crippen molar-refractivity contribution >= 4 is 17.2 Å². The highest BCUT2D eigenvalue weighted by molar-refractivity contribution is 7.10. The molecule has 0 spiro atoms. The predicted octanol–water partition coefficient (Wildman–Crippen LogP) is 4.55. The summed E-state index contributed by atoms with van der Waals surface area (Å²) < 4.78 is 10.7. The Labute approximate surface area is 163 Å². The van der Waals surface area contributed by atoms with Gasteiger partial charge in [-0.2, -0.15) is 0 Å². The molecule has 1 unspecified atom stereocenters. The third-order valence-electron chi connectivity index (χ3n) is 5.00. The first-order valence-corrected chi connectivity index (χ1v) is 9.75. The number of methoxy groups -OCH3 is 2. The zero-order chi connectivity index (χ0) is 18.8. The largest absolute Gasteiger partial charge is 0.497 e. The average Bonchev–Trinajstić information content (AvgIpc) is 3.21. The van der Waals surface area contributed by atoms with Gasteiger partial charge in [0.05, 0.1) is 25.8 Å². The molecule has 0 radical (unpaired) electrons. The Hall–Kier alpha value is -2.79. The third kappa shape index (κ3) is 3.19. The Kier molecular flexibility index (Phi) is 4.86. The van der Waals surface area contributed by atoms with Gasteiger partial charge in [0.2, 0.25) is 0 Å². The lowest BCUT2D eigenvalue weighted by Crippen LogP contribution is -2.40. The number of carbonyl (C=O) groups is 1. The molecule has 1 atom stereocenters. The van der Waals surface area contributed by atoms with Crippen molar-refractivity contribution < 1.29 is 14.3 Å². The zero-order valence-electron chi connectivity index (χ0n) is 15.3. The summed E-state index contributed by atoms with van der Waals surface area (Å²) in [5, 5.41) is 2.11. The predicted molar refractivity (Wildman–Crippen MR) is 107 cm³/mol. The van der Waals surface area contributed by atoms with E-state index in [1.54, 1.807) is 25.6 Å². The normalized spacial score (nSPS) is 15.9. The second-order valence-electron chi connectivity index (χ2n) is 6.42. The molecule has 1 aromatic heterocycles. The Morgan fingerprint density at radius 2 is 1.81 bits per heavy atom. The number of benzene rings is 2. The van der Waals surface area contributed by atoms with E-state index < -0.39 is 0 Å². The molecule has 0 aliphatic carbocycles. The molecule has 1 aliphatic heterocycles. The van der Waals surface area contributed by atoms with E-state index in [0.29, 0.717) is 17.9 Å². The van der Waals surface area contributed by atoms with E-state index in [1.807, 2.05) is 53.4 Å². The highest BCUT2D eigenvalue weighted by atomic mass is 32.1. The van der Waals surface area contributed by atoms with Gasteiger partial charge in [-0.25, -0.2) is 0 Å². The fourth-order valence-electron chi connectivity index (χ4n) is 3.66. The maximum atomic E-state index is 13.4. The highest BCUT2D eigenvalue weighted by Crippen LogP contribution is 2.39. The topological polar surface area (TPSA) is 38.8 Å². The average molecular weight is 379 g/mol. The fourth-order valence-corrected chi connectivity index (χ4v) is 4.56. The van der Waals surface area contributed by atoms with Crippen molar-refractivity contribution in [2.75, 3.05) is 20.8 Å². The van der Waals surface area contributed by atoms with Gasteiger partial charge in [0, 0.05) is 11.4 Å². The van der Waals surface area contributed by atoms with Crippen LogP contribution in [0.2, 0.25) is 0 Å². The second-order valence-corrected chi connectivity index (χ2v) is 7.42. The van der Waals surface area contributed by atoms with Crippen LogP contribution in [-0.4, -0.2) is 31.6 Å². The molecule has 0 fully saturated rings. The summed E-state index contributed by atoms with van der Waals surface area (Å²) in [5.74, 6) is 1.40. The van der Waals surface area contributed by atoms with Crippen molar-refractivity contribution in [3.63, 3.8) is 0 Å². The van der Waals surface area contributed by atoms with Gasteiger partial charge in [-0.05, 0) is 53.3 Å². The minimum absolute atomic E-state index is 0.00915. The van der Waals surface area contributed by atoms with Gasteiger partial charge in [-0.15, -0.1) is 11.3 Å². The summed E-state index contributed by atoms with van der Waals surface area (Å²) in [7, 11) is 3.25. The Morgan fingerprint density at radius 1 is 1.04 bits per heavy atom. The van der Waals surface area contributed by atoms with Gasteiger partial charge in [-0.1, -0.05) is 24.3 Å². The molecule has 0 saturated heterocycles. The van der Waals surface area contributed by atoms with Crippen molar-refractivity contribution in [2.45, 2.75) is 12.5 Å². The van der Waals surface area contributed by atoms with Crippen LogP contribution in [-0.2, 0) is 6.42 Å². The standard InChI is InChI=1S/C22H21NO3S/c1-25-16-9-7-15(8-10-16)21-18-12-14-27-20(18)11-13-23(21)22(24)17-5-3-4-6-19(17)26-2/h3-10,12,14,21H,11,13H2,1-2H3. The van der Waals surface area contributed by atoms with E-state index >= 15 is 0 Å². The van der Waals surface area contributed by atoms with Crippen molar-refractivity contribution in [1.29, 1.82) is 0 Å². The summed E-state index contributed by atoms with van der Waals surface area (Å²) >= 11 is 1.76. The minimum atomic E-state index is -0.108. The molecule has 0 saturated carbocycles. The van der Waals surface area contributed by atoms with Gasteiger partial charge < -0.3 is 14.4 Å². The number of fused-ring (bicyclic) bond motifs is 1. The molecule has 3 aromatic rings. The number of ether oxygens (including phenoxy) is 2. The van der Waals surface area contributed by atoms with Crippen LogP contribution >= 0.6 is 11.3 Å². The number of nitrogens with zero attached hydrogens (tertiary/aromatic N) is 1. The molecule has 2 heterocycles.